The fourth-order valence-electron chi connectivity index (χ4n) is 6.69. The molecule has 0 aromatic heterocycles. The van der Waals surface area contributed by atoms with Gasteiger partial charge in [-0.15, -0.1) is 12.4 Å². The maximum atomic E-state index is 13.2. The van der Waals surface area contributed by atoms with E-state index in [2.05, 4.69) is 67.7 Å². The first-order valence-corrected chi connectivity index (χ1v) is 10.5. The third-order valence-corrected chi connectivity index (χ3v) is 7.91. The third kappa shape index (κ3) is 2.50. The highest BCUT2D eigenvalue weighted by molar-refractivity contribution is 5.85. The van der Waals surface area contributed by atoms with Crippen molar-refractivity contribution >= 4 is 18.4 Å². The van der Waals surface area contributed by atoms with Crippen molar-refractivity contribution in [1.29, 1.82) is 0 Å². The number of fused-ring (bicyclic) bond motifs is 1. The lowest BCUT2D eigenvalue weighted by Gasteiger charge is -2.59. The van der Waals surface area contributed by atoms with Crippen molar-refractivity contribution in [3.63, 3.8) is 0 Å². The van der Waals surface area contributed by atoms with Crippen LogP contribution in [0.5, 0.6) is 0 Å². The summed E-state index contributed by atoms with van der Waals surface area (Å²) in [5.41, 5.74) is 4.91. The van der Waals surface area contributed by atoms with Crippen molar-refractivity contribution in [3.05, 3.63) is 70.8 Å². The van der Waals surface area contributed by atoms with Gasteiger partial charge in [-0.3, -0.25) is 4.79 Å². The summed E-state index contributed by atoms with van der Waals surface area (Å²) in [5, 5.41) is 3.58. The molecule has 4 aliphatic rings. The summed E-state index contributed by atoms with van der Waals surface area (Å²) in [7, 11) is 1.55. The fraction of sp³-hybridized carbons (Fsp3) is 0.480. The summed E-state index contributed by atoms with van der Waals surface area (Å²) in [4.78, 5) is 13.2. The largest absolute Gasteiger partial charge is 0.469 e. The Morgan fingerprint density at radius 3 is 2.55 bits per heavy atom. The van der Waals surface area contributed by atoms with Crippen molar-refractivity contribution < 1.29 is 9.53 Å². The van der Waals surface area contributed by atoms with E-state index in [-0.39, 0.29) is 35.6 Å². The zero-order valence-electron chi connectivity index (χ0n) is 17.4. The van der Waals surface area contributed by atoms with Crippen LogP contribution in [0.15, 0.2) is 48.5 Å². The number of hydrogen-bond donors (Lipinski definition) is 1. The van der Waals surface area contributed by atoms with Gasteiger partial charge in [0.1, 0.15) is 0 Å². The van der Waals surface area contributed by atoms with Crippen LogP contribution in [0.25, 0.3) is 0 Å². The Labute approximate surface area is 179 Å². The monoisotopic (exact) mass is 411 g/mol. The van der Waals surface area contributed by atoms with Gasteiger partial charge in [0, 0.05) is 30.3 Å². The average molecular weight is 412 g/mol. The number of rotatable bonds is 3. The first-order chi connectivity index (χ1) is 13.6. The Bertz CT molecular complexity index is 925. The molecule has 4 unspecified atom stereocenters. The molecule has 6 rings (SSSR count). The molecule has 3 nitrogen and oxygen atoms in total. The molecule has 4 heteroatoms. The molecule has 154 valence electrons. The van der Waals surface area contributed by atoms with E-state index in [0.29, 0.717) is 5.92 Å². The van der Waals surface area contributed by atoms with Crippen LogP contribution >= 0.6 is 12.4 Å². The standard InChI is InChI=1S/C25H29NO2.ClH/c1-16(2)17-8-10-18(11-9-17)24-13-12-21(19-6-4-5-7-20(19)24)25(23(27)28-3)15-26-14-22(24)25;/h4-11,16,21-22,26H,12-15H2,1-3H3;1H. The van der Waals surface area contributed by atoms with Crippen LogP contribution in [0.3, 0.4) is 0 Å². The van der Waals surface area contributed by atoms with Gasteiger partial charge in [0.25, 0.3) is 0 Å². The molecule has 2 aromatic rings. The van der Waals surface area contributed by atoms with Crippen molar-refractivity contribution in [3.8, 4) is 0 Å². The van der Waals surface area contributed by atoms with Gasteiger partial charge < -0.3 is 10.1 Å². The van der Waals surface area contributed by atoms with Crippen LogP contribution in [0.1, 0.15) is 60.8 Å². The molecule has 0 spiro atoms. The number of carbonyl (C=O) groups is 1. The van der Waals surface area contributed by atoms with Gasteiger partial charge >= 0.3 is 5.97 Å². The molecular formula is C25H30ClNO2. The lowest BCUT2D eigenvalue weighted by atomic mass is 9.42. The number of nitrogens with one attached hydrogen (secondary N) is 1. The average Bonchev–Trinajstić information content (AvgIpc) is 3.21. The molecule has 2 fully saturated rings. The van der Waals surface area contributed by atoms with E-state index < -0.39 is 5.41 Å². The minimum absolute atomic E-state index is 0. The molecule has 2 bridgehead atoms. The molecule has 3 aliphatic carbocycles. The second-order valence-corrected chi connectivity index (χ2v) is 9.14. The number of ether oxygens (including phenoxy) is 1. The molecule has 1 heterocycles. The van der Waals surface area contributed by atoms with E-state index in [1.807, 2.05) is 0 Å². The molecule has 1 saturated heterocycles. The fourth-order valence-corrected chi connectivity index (χ4v) is 6.69. The predicted molar refractivity (Wildman–Crippen MR) is 118 cm³/mol. The van der Waals surface area contributed by atoms with Gasteiger partial charge in [-0.2, -0.15) is 0 Å². The predicted octanol–water partition coefficient (Wildman–Crippen LogP) is 4.79. The van der Waals surface area contributed by atoms with Crippen molar-refractivity contribution in [1.82, 2.24) is 5.32 Å². The number of halogens is 1. The van der Waals surface area contributed by atoms with Gasteiger partial charge in [-0.05, 0) is 41.0 Å². The van der Waals surface area contributed by atoms with E-state index in [9.17, 15) is 4.79 Å². The maximum Gasteiger partial charge on any atom is 0.314 e. The van der Waals surface area contributed by atoms with Crippen LogP contribution in [-0.2, 0) is 14.9 Å². The molecule has 4 atom stereocenters. The van der Waals surface area contributed by atoms with Crippen molar-refractivity contribution in [2.45, 2.75) is 43.9 Å². The van der Waals surface area contributed by atoms with Crippen LogP contribution in [0.4, 0.5) is 0 Å². The molecular weight excluding hydrogens is 382 g/mol. The summed E-state index contributed by atoms with van der Waals surface area (Å²) in [6, 6.07) is 18.0. The lowest BCUT2D eigenvalue weighted by Crippen LogP contribution is -2.60. The van der Waals surface area contributed by atoms with Crippen LogP contribution < -0.4 is 5.32 Å². The van der Waals surface area contributed by atoms with Crippen molar-refractivity contribution in [2.24, 2.45) is 11.3 Å². The highest BCUT2D eigenvalue weighted by Crippen LogP contribution is 2.67. The topological polar surface area (TPSA) is 38.3 Å². The second kappa shape index (κ2) is 7.14. The van der Waals surface area contributed by atoms with E-state index in [1.54, 1.807) is 7.11 Å². The van der Waals surface area contributed by atoms with Gasteiger partial charge in [0.2, 0.25) is 0 Å². The molecule has 1 aliphatic heterocycles. The smallest absolute Gasteiger partial charge is 0.314 e. The first kappa shape index (κ1) is 20.4. The SMILES string of the molecule is COC(=O)C12CNCC1C1(c3ccc(C(C)C)cc3)CCC2c2ccccc21.Cl. The van der Waals surface area contributed by atoms with E-state index >= 15 is 0 Å². The Balaban J connectivity index is 0.00000205. The molecule has 0 radical (unpaired) electrons. The molecule has 29 heavy (non-hydrogen) atoms. The number of hydrogen-bond acceptors (Lipinski definition) is 3. The summed E-state index contributed by atoms with van der Waals surface area (Å²) < 4.78 is 5.41. The van der Waals surface area contributed by atoms with Gasteiger partial charge in [-0.25, -0.2) is 0 Å². The van der Waals surface area contributed by atoms with E-state index in [0.717, 1.165) is 25.9 Å². The Morgan fingerprint density at radius 2 is 1.86 bits per heavy atom. The van der Waals surface area contributed by atoms with Crippen LogP contribution in [0.2, 0.25) is 0 Å². The molecule has 1 saturated carbocycles. The van der Waals surface area contributed by atoms with Gasteiger partial charge in [-0.1, -0.05) is 62.4 Å². The van der Waals surface area contributed by atoms with Crippen LogP contribution in [-0.4, -0.2) is 26.2 Å². The van der Waals surface area contributed by atoms with E-state index in [4.69, 9.17) is 4.74 Å². The number of benzene rings is 2. The Hall–Kier alpha value is -1.84. The minimum Gasteiger partial charge on any atom is -0.469 e. The lowest BCUT2D eigenvalue weighted by molar-refractivity contribution is -0.161. The molecule has 1 N–H and O–H groups in total. The summed E-state index contributed by atoms with van der Waals surface area (Å²) >= 11 is 0. The molecule has 0 amide bonds. The normalized spacial score (nSPS) is 31.7. The first-order valence-electron chi connectivity index (χ1n) is 10.5. The van der Waals surface area contributed by atoms with Crippen molar-refractivity contribution in [2.75, 3.05) is 20.2 Å². The highest BCUT2D eigenvalue weighted by Gasteiger charge is 2.69. The Kier molecular flexibility index (Phi) is 5.03. The zero-order valence-corrected chi connectivity index (χ0v) is 18.2. The van der Waals surface area contributed by atoms with Gasteiger partial charge in [0.05, 0.1) is 12.5 Å². The van der Waals surface area contributed by atoms with E-state index in [1.165, 1.54) is 22.3 Å². The Morgan fingerprint density at radius 1 is 1.14 bits per heavy atom. The second-order valence-electron chi connectivity index (χ2n) is 9.14. The maximum absolute atomic E-state index is 13.2. The van der Waals surface area contributed by atoms with Crippen LogP contribution in [0, 0.1) is 11.3 Å². The van der Waals surface area contributed by atoms with Gasteiger partial charge in [0.15, 0.2) is 0 Å². The number of esters is 1. The summed E-state index contributed by atoms with van der Waals surface area (Å²) in [6.45, 7) is 6.05. The number of carbonyl (C=O) groups excluding carboxylic acids is 1. The molecule has 2 aromatic carbocycles. The quantitative estimate of drug-likeness (QED) is 0.738. The minimum atomic E-state index is -0.460. The number of methoxy groups -OCH3 is 1. The summed E-state index contributed by atoms with van der Waals surface area (Å²) in [5.74, 6) is 0.951. The highest BCUT2D eigenvalue weighted by atomic mass is 35.5. The third-order valence-electron chi connectivity index (χ3n) is 7.91. The summed E-state index contributed by atoms with van der Waals surface area (Å²) in [6.07, 6.45) is 2.14. The zero-order chi connectivity index (χ0) is 19.5.